The Labute approximate surface area is 180 Å². The Morgan fingerprint density at radius 1 is 0.467 bits per heavy atom. The molecule has 0 bridgehead atoms. The number of pyridine rings is 2. The normalized spacial score (nSPS) is 12.3. The summed E-state index contributed by atoms with van der Waals surface area (Å²) in [5.74, 6) is 0. The topological polar surface area (TPSA) is 25.8 Å². The van der Waals surface area contributed by atoms with Crippen LogP contribution in [-0.2, 0) is 10.8 Å². The van der Waals surface area contributed by atoms with Gasteiger partial charge in [0.2, 0.25) is 0 Å². The summed E-state index contributed by atoms with van der Waals surface area (Å²) >= 11 is 0. The fraction of sp³-hybridized carbons (Fsp3) is 0.286. The van der Waals surface area contributed by atoms with Crippen LogP contribution in [0, 0.1) is 0 Å². The van der Waals surface area contributed by atoms with Gasteiger partial charge >= 0.3 is 0 Å². The maximum Gasteiger partial charge on any atom is 0.0971 e. The van der Waals surface area contributed by atoms with Crippen LogP contribution < -0.4 is 0 Å². The second kappa shape index (κ2) is 7.36. The molecule has 0 aliphatic carbocycles. The summed E-state index contributed by atoms with van der Waals surface area (Å²) in [7, 11) is 0. The average molecular weight is 395 g/mol. The van der Waals surface area contributed by atoms with Crippen molar-refractivity contribution in [3.63, 3.8) is 0 Å². The molecule has 2 aromatic carbocycles. The summed E-state index contributed by atoms with van der Waals surface area (Å²) in [6, 6.07) is 21.8. The molecule has 0 atom stereocenters. The molecule has 0 radical (unpaired) electrons. The first kappa shape index (κ1) is 20.3. The molecule has 0 unspecified atom stereocenters. The molecule has 2 heterocycles. The number of nitrogens with zero attached hydrogens (tertiary/aromatic N) is 2. The molecule has 0 aliphatic rings. The lowest BCUT2D eigenvalue weighted by atomic mass is 9.86. The van der Waals surface area contributed by atoms with Crippen molar-refractivity contribution in [2.75, 3.05) is 0 Å². The van der Waals surface area contributed by atoms with Crippen LogP contribution in [-0.4, -0.2) is 9.97 Å². The van der Waals surface area contributed by atoms with E-state index in [-0.39, 0.29) is 10.8 Å². The first-order valence-electron chi connectivity index (χ1n) is 10.6. The van der Waals surface area contributed by atoms with Gasteiger partial charge in [-0.2, -0.15) is 0 Å². The van der Waals surface area contributed by atoms with E-state index in [0.29, 0.717) is 0 Å². The molecule has 0 spiro atoms. The van der Waals surface area contributed by atoms with Crippen molar-refractivity contribution >= 4 is 11.0 Å². The highest BCUT2D eigenvalue weighted by Gasteiger charge is 2.16. The number of hydrogen-bond acceptors (Lipinski definition) is 2. The van der Waals surface area contributed by atoms with Gasteiger partial charge in [-0.1, -0.05) is 90.1 Å². The first-order valence-corrected chi connectivity index (χ1v) is 10.6. The van der Waals surface area contributed by atoms with Crippen LogP contribution in [0.4, 0.5) is 0 Å². The van der Waals surface area contributed by atoms with Gasteiger partial charge in [-0.15, -0.1) is 0 Å². The number of rotatable bonds is 2. The van der Waals surface area contributed by atoms with Crippen molar-refractivity contribution in [2.24, 2.45) is 0 Å². The smallest absolute Gasteiger partial charge is 0.0971 e. The quantitative estimate of drug-likeness (QED) is 0.350. The van der Waals surface area contributed by atoms with E-state index in [0.717, 1.165) is 22.2 Å². The van der Waals surface area contributed by atoms with Crippen LogP contribution in [0.5, 0.6) is 0 Å². The lowest BCUT2D eigenvalue weighted by Crippen LogP contribution is -2.10. The third-order valence-electron chi connectivity index (χ3n) is 5.75. The van der Waals surface area contributed by atoms with Crippen LogP contribution in [0.1, 0.15) is 52.7 Å². The molecule has 0 saturated heterocycles. The van der Waals surface area contributed by atoms with Gasteiger partial charge in [-0.05, 0) is 45.2 Å². The van der Waals surface area contributed by atoms with Crippen molar-refractivity contribution in [1.82, 2.24) is 9.97 Å². The van der Waals surface area contributed by atoms with Crippen LogP contribution in [0.2, 0.25) is 0 Å². The number of hydrogen-bond donors (Lipinski definition) is 0. The highest BCUT2D eigenvalue weighted by atomic mass is 14.7. The summed E-state index contributed by atoms with van der Waals surface area (Å²) in [5, 5.41) is 0. The molecule has 0 aliphatic heterocycles. The van der Waals surface area contributed by atoms with Crippen molar-refractivity contribution in [3.8, 4) is 22.3 Å². The second-order valence-electron chi connectivity index (χ2n) is 10.1. The van der Waals surface area contributed by atoms with Gasteiger partial charge in [0.25, 0.3) is 0 Å². The van der Waals surface area contributed by atoms with E-state index < -0.39 is 0 Å². The summed E-state index contributed by atoms with van der Waals surface area (Å²) in [6.07, 6.45) is 3.79. The monoisotopic (exact) mass is 394 g/mol. The molecule has 2 aromatic heterocycles. The van der Waals surface area contributed by atoms with E-state index in [4.69, 9.17) is 9.97 Å². The molecule has 0 saturated carbocycles. The molecule has 4 aromatic rings. The molecule has 0 fully saturated rings. The van der Waals surface area contributed by atoms with E-state index in [9.17, 15) is 0 Å². The Morgan fingerprint density at radius 3 is 1.10 bits per heavy atom. The maximum atomic E-state index is 4.71. The zero-order valence-electron chi connectivity index (χ0n) is 18.8. The van der Waals surface area contributed by atoms with Gasteiger partial charge in [-0.25, -0.2) is 0 Å². The second-order valence-corrected chi connectivity index (χ2v) is 10.1. The van der Waals surface area contributed by atoms with E-state index in [1.165, 1.54) is 22.3 Å². The Kier molecular flexibility index (Phi) is 4.97. The van der Waals surface area contributed by atoms with Crippen molar-refractivity contribution in [3.05, 3.63) is 84.2 Å². The number of aromatic nitrogens is 2. The molecule has 2 nitrogen and oxygen atoms in total. The maximum absolute atomic E-state index is 4.71. The Bertz CT molecular complexity index is 1080. The van der Waals surface area contributed by atoms with Crippen LogP contribution in [0.25, 0.3) is 33.3 Å². The Morgan fingerprint density at radius 2 is 0.800 bits per heavy atom. The van der Waals surface area contributed by atoms with E-state index in [1.54, 1.807) is 0 Å². The van der Waals surface area contributed by atoms with Gasteiger partial charge in [0.1, 0.15) is 0 Å². The summed E-state index contributed by atoms with van der Waals surface area (Å²) in [5.41, 5.74) is 9.41. The van der Waals surface area contributed by atoms with Crippen molar-refractivity contribution in [2.45, 2.75) is 52.4 Å². The van der Waals surface area contributed by atoms with Crippen molar-refractivity contribution in [1.29, 1.82) is 0 Å². The lowest BCUT2D eigenvalue weighted by molar-refractivity contribution is 0.590. The minimum absolute atomic E-state index is 0.142. The lowest BCUT2D eigenvalue weighted by Gasteiger charge is -2.19. The minimum atomic E-state index is 0.142. The van der Waals surface area contributed by atoms with E-state index in [1.807, 2.05) is 12.4 Å². The molecular weight excluding hydrogens is 364 g/mol. The van der Waals surface area contributed by atoms with E-state index >= 15 is 0 Å². The third-order valence-corrected chi connectivity index (χ3v) is 5.75. The van der Waals surface area contributed by atoms with E-state index in [2.05, 4.69) is 102 Å². The zero-order chi connectivity index (χ0) is 21.5. The van der Waals surface area contributed by atoms with Crippen molar-refractivity contribution < 1.29 is 0 Å². The van der Waals surface area contributed by atoms with Gasteiger partial charge in [0.05, 0.1) is 11.0 Å². The largest absolute Gasteiger partial charge is 0.254 e. The first-order chi connectivity index (χ1) is 14.1. The van der Waals surface area contributed by atoms with Gasteiger partial charge < -0.3 is 0 Å². The van der Waals surface area contributed by atoms with Crippen LogP contribution >= 0.6 is 0 Å². The SMILES string of the molecule is CC(C)(C)c1ccc(-c2ccnc3c(-c4ccc(C(C)(C)C)cc4)ccnc23)cc1. The predicted molar refractivity (Wildman–Crippen MR) is 128 cm³/mol. The highest BCUT2D eigenvalue weighted by Crippen LogP contribution is 2.34. The predicted octanol–water partition coefficient (Wildman–Crippen LogP) is 7.56. The fourth-order valence-electron chi connectivity index (χ4n) is 3.81. The molecule has 4 rings (SSSR count). The Balaban J connectivity index is 1.81. The van der Waals surface area contributed by atoms with Gasteiger partial charge in [0.15, 0.2) is 0 Å². The minimum Gasteiger partial charge on any atom is -0.254 e. The highest BCUT2D eigenvalue weighted by molar-refractivity contribution is 5.99. The molecular formula is C28H30N2. The van der Waals surface area contributed by atoms with Gasteiger partial charge in [0, 0.05) is 23.5 Å². The third kappa shape index (κ3) is 3.87. The molecule has 30 heavy (non-hydrogen) atoms. The van der Waals surface area contributed by atoms with Crippen LogP contribution in [0.3, 0.4) is 0 Å². The number of fused-ring (bicyclic) bond motifs is 1. The van der Waals surface area contributed by atoms with Crippen LogP contribution in [0.15, 0.2) is 73.1 Å². The summed E-state index contributed by atoms with van der Waals surface area (Å²) in [4.78, 5) is 9.42. The fourth-order valence-corrected chi connectivity index (χ4v) is 3.81. The number of benzene rings is 2. The molecule has 2 heteroatoms. The standard InChI is InChI=1S/C28H30N2/c1-27(2,3)21-11-7-19(8-12-21)23-15-17-30-26-24(16-18-29-25(23)26)20-9-13-22(14-10-20)28(4,5)6/h7-18H,1-6H3. The Hall–Kier alpha value is -3.00. The molecule has 0 N–H and O–H groups in total. The van der Waals surface area contributed by atoms with Gasteiger partial charge in [-0.3, -0.25) is 9.97 Å². The molecule has 0 amide bonds. The summed E-state index contributed by atoms with van der Waals surface area (Å²) in [6.45, 7) is 13.4. The zero-order valence-corrected chi connectivity index (χ0v) is 18.8. The summed E-state index contributed by atoms with van der Waals surface area (Å²) < 4.78 is 0. The average Bonchev–Trinajstić information content (AvgIpc) is 2.72. The molecule has 152 valence electrons.